The van der Waals surface area contributed by atoms with Gasteiger partial charge in [0.1, 0.15) is 0 Å². The van der Waals surface area contributed by atoms with E-state index >= 15 is 0 Å². The third-order valence-electron chi connectivity index (χ3n) is 3.57. The van der Waals surface area contributed by atoms with Crippen LogP contribution in [0.1, 0.15) is 13.8 Å². The van der Waals surface area contributed by atoms with Crippen molar-refractivity contribution in [2.45, 2.75) is 13.8 Å². The first kappa shape index (κ1) is 16.1. The van der Waals surface area contributed by atoms with E-state index in [4.69, 9.17) is 4.74 Å². The molecule has 22 heavy (non-hydrogen) atoms. The van der Waals surface area contributed by atoms with Crippen molar-refractivity contribution in [3.8, 4) is 5.88 Å². The van der Waals surface area contributed by atoms with E-state index in [2.05, 4.69) is 10.3 Å². The lowest BCUT2D eigenvalue weighted by Gasteiger charge is -2.35. The molecule has 1 fully saturated rings. The smallest absolute Gasteiger partial charge is 0.321 e. The average Bonchev–Trinajstić information content (AvgIpc) is 2.54. The fourth-order valence-electron chi connectivity index (χ4n) is 2.30. The van der Waals surface area contributed by atoms with E-state index in [-0.39, 0.29) is 17.9 Å². The molecule has 0 aliphatic carbocycles. The number of nitrogens with zero attached hydrogens (tertiary/aromatic N) is 3. The molecule has 0 atom stereocenters. The van der Waals surface area contributed by atoms with E-state index in [1.165, 1.54) is 7.11 Å². The molecule has 1 aromatic rings. The van der Waals surface area contributed by atoms with Crippen molar-refractivity contribution in [3.05, 3.63) is 18.3 Å². The van der Waals surface area contributed by atoms with Crippen LogP contribution in [-0.2, 0) is 4.79 Å². The lowest BCUT2D eigenvalue weighted by atomic mass is 10.1. The van der Waals surface area contributed by atoms with Gasteiger partial charge in [0.2, 0.25) is 11.8 Å². The number of amides is 3. The summed E-state index contributed by atoms with van der Waals surface area (Å²) in [6, 6.07) is 3.19. The van der Waals surface area contributed by atoms with Gasteiger partial charge in [-0.25, -0.2) is 9.78 Å². The van der Waals surface area contributed by atoms with Crippen LogP contribution in [0.4, 0.5) is 10.5 Å². The van der Waals surface area contributed by atoms with E-state index in [1.807, 2.05) is 18.7 Å². The lowest BCUT2D eigenvalue weighted by molar-refractivity contribution is -0.135. The third kappa shape index (κ3) is 3.87. The maximum atomic E-state index is 12.2. The number of hydrogen-bond donors (Lipinski definition) is 1. The molecule has 120 valence electrons. The van der Waals surface area contributed by atoms with Crippen LogP contribution in [0.25, 0.3) is 0 Å². The number of anilines is 1. The molecule has 0 aromatic carbocycles. The predicted octanol–water partition coefficient (Wildman–Crippen LogP) is 1.42. The molecule has 3 amide bonds. The summed E-state index contributed by atoms with van der Waals surface area (Å²) in [7, 11) is 1.53. The SMILES string of the molecule is COc1cc(NC(=O)N2CCN(C(=O)C(C)C)CC2)ccn1. The van der Waals surface area contributed by atoms with Gasteiger partial charge in [-0.2, -0.15) is 0 Å². The third-order valence-corrected chi connectivity index (χ3v) is 3.57. The Bertz CT molecular complexity index is 539. The van der Waals surface area contributed by atoms with Crippen LogP contribution in [-0.4, -0.2) is 60.0 Å². The van der Waals surface area contributed by atoms with Crippen molar-refractivity contribution < 1.29 is 14.3 Å². The summed E-state index contributed by atoms with van der Waals surface area (Å²) in [6.07, 6.45) is 1.58. The molecule has 0 bridgehead atoms. The largest absolute Gasteiger partial charge is 0.481 e. The Kier molecular flexibility index (Phi) is 5.19. The minimum atomic E-state index is -0.176. The average molecular weight is 306 g/mol. The zero-order chi connectivity index (χ0) is 16.1. The second-order valence-electron chi connectivity index (χ2n) is 5.48. The van der Waals surface area contributed by atoms with Crippen molar-refractivity contribution in [2.24, 2.45) is 5.92 Å². The Balaban J connectivity index is 1.88. The lowest BCUT2D eigenvalue weighted by Crippen LogP contribution is -2.52. The standard InChI is InChI=1S/C15H22N4O3/c1-11(2)14(20)18-6-8-19(9-7-18)15(21)17-12-4-5-16-13(10-12)22-3/h4-5,10-11H,6-9H2,1-3H3,(H,16,17,21). The van der Waals surface area contributed by atoms with Crippen LogP contribution in [0.15, 0.2) is 18.3 Å². The number of rotatable bonds is 3. The van der Waals surface area contributed by atoms with Gasteiger partial charge in [-0.1, -0.05) is 13.8 Å². The summed E-state index contributed by atoms with van der Waals surface area (Å²) >= 11 is 0. The van der Waals surface area contributed by atoms with Gasteiger partial charge in [0, 0.05) is 50.0 Å². The quantitative estimate of drug-likeness (QED) is 0.916. The molecule has 2 rings (SSSR count). The Morgan fingerprint density at radius 1 is 1.23 bits per heavy atom. The van der Waals surface area contributed by atoms with Crippen LogP contribution in [0.3, 0.4) is 0 Å². The van der Waals surface area contributed by atoms with Gasteiger partial charge in [-0.15, -0.1) is 0 Å². The molecular weight excluding hydrogens is 284 g/mol. The van der Waals surface area contributed by atoms with E-state index < -0.39 is 0 Å². The summed E-state index contributed by atoms with van der Waals surface area (Å²) in [5.41, 5.74) is 0.637. The predicted molar refractivity (Wildman–Crippen MR) is 82.8 cm³/mol. The summed E-state index contributed by atoms with van der Waals surface area (Å²) < 4.78 is 5.02. The number of carbonyl (C=O) groups excluding carboxylic acids is 2. The maximum Gasteiger partial charge on any atom is 0.321 e. The molecule has 2 heterocycles. The molecular formula is C15H22N4O3. The molecule has 0 radical (unpaired) electrons. The fraction of sp³-hybridized carbons (Fsp3) is 0.533. The number of nitrogens with one attached hydrogen (secondary N) is 1. The molecule has 1 aromatic heterocycles. The van der Waals surface area contributed by atoms with Gasteiger partial charge in [-0.05, 0) is 6.07 Å². The highest BCUT2D eigenvalue weighted by Gasteiger charge is 2.25. The topological polar surface area (TPSA) is 74.8 Å². The summed E-state index contributed by atoms with van der Waals surface area (Å²) in [5, 5.41) is 2.82. The molecule has 1 aliphatic heterocycles. The Hall–Kier alpha value is -2.31. The summed E-state index contributed by atoms with van der Waals surface area (Å²) in [5.74, 6) is 0.578. The minimum absolute atomic E-state index is 0.00957. The number of pyridine rings is 1. The van der Waals surface area contributed by atoms with Gasteiger partial charge in [0.05, 0.1) is 7.11 Å². The van der Waals surface area contributed by atoms with Gasteiger partial charge >= 0.3 is 6.03 Å². The van der Waals surface area contributed by atoms with Gasteiger partial charge < -0.3 is 19.9 Å². The zero-order valence-corrected chi connectivity index (χ0v) is 13.2. The Morgan fingerprint density at radius 3 is 2.45 bits per heavy atom. The number of hydrogen-bond acceptors (Lipinski definition) is 4. The first-order valence-electron chi connectivity index (χ1n) is 7.36. The zero-order valence-electron chi connectivity index (χ0n) is 13.2. The monoisotopic (exact) mass is 306 g/mol. The van der Waals surface area contributed by atoms with Crippen LogP contribution in [0.2, 0.25) is 0 Å². The van der Waals surface area contributed by atoms with Crippen molar-refractivity contribution in [3.63, 3.8) is 0 Å². The highest BCUT2D eigenvalue weighted by Crippen LogP contribution is 2.15. The second-order valence-corrected chi connectivity index (χ2v) is 5.48. The van der Waals surface area contributed by atoms with Crippen LogP contribution < -0.4 is 10.1 Å². The highest BCUT2D eigenvalue weighted by atomic mass is 16.5. The molecule has 1 aliphatic rings. The summed E-state index contributed by atoms with van der Waals surface area (Å²) in [6.45, 7) is 5.99. The van der Waals surface area contributed by atoms with Crippen molar-refractivity contribution >= 4 is 17.6 Å². The molecule has 7 nitrogen and oxygen atoms in total. The highest BCUT2D eigenvalue weighted by molar-refractivity contribution is 5.89. The van der Waals surface area contributed by atoms with E-state index in [9.17, 15) is 9.59 Å². The number of piperazine rings is 1. The van der Waals surface area contributed by atoms with Crippen LogP contribution >= 0.6 is 0 Å². The molecule has 7 heteroatoms. The second kappa shape index (κ2) is 7.11. The van der Waals surface area contributed by atoms with Gasteiger partial charge in [0.15, 0.2) is 0 Å². The number of methoxy groups -OCH3 is 1. The molecule has 1 N–H and O–H groups in total. The number of urea groups is 1. The van der Waals surface area contributed by atoms with E-state index in [0.29, 0.717) is 37.7 Å². The number of ether oxygens (including phenoxy) is 1. The Labute approximate surface area is 130 Å². The first-order chi connectivity index (χ1) is 10.5. The van der Waals surface area contributed by atoms with Crippen LogP contribution in [0, 0.1) is 5.92 Å². The van der Waals surface area contributed by atoms with Gasteiger partial charge in [0.25, 0.3) is 0 Å². The number of aromatic nitrogens is 1. The Morgan fingerprint density at radius 2 is 1.86 bits per heavy atom. The normalized spacial score (nSPS) is 14.9. The molecule has 1 saturated heterocycles. The minimum Gasteiger partial charge on any atom is -0.481 e. The van der Waals surface area contributed by atoms with Gasteiger partial charge in [-0.3, -0.25) is 4.79 Å². The summed E-state index contributed by atoms with van der Waals surface area (Å²) in [4.78, 5) is 31.7. The molecule has 0 saturated carbocycles. The van der Waals surface area contributed by atoms with Crippen molar-refractivity contribution in [1.29, 1.82) is 0 Å². The molecule has 0 spiro atoms. The van der Waals surface area contributed by atoms with Crippen LogP contribution in [0.5, 0.6) is 5.88 Å². The maximum absolute atomic E-state index is 12.2. The fourth-order valence-corrected chi connectivity index (χ4v) is 2.30. The number of carbonyl (C=O) groups is 2. The van der Waals surface area contributed by atoms with Crippen molar-refractivity contribution in [2.75, 3.05) is 38.6 Å². The molecule has 0 unspecified atom stereocenters. The van der Waals surface area contributed by atoms with E-state index in [1.54, 1.807) is 23.2 Å². The van der Waals surface area contributed by atoms with E-state index in [0.717, 1.165) is 0 Å². The first-order valence-corrected chi connectivity index (χ1v) is 7.36. The van der Waals surface area contributed by atoms with Crippen molar-refractivity contribution in [1.82, 2.24) is 14.8 Å².